The third-order valence-electron chi connectivity index (χ3n) is 3.12. The van der Waals surface area contributed by atoms with E-state index < -0.39 is 6.10 Å². The van der Waals surface area contributed by atoms with Crippen molar-refractivity contribution in [3.8, 4) is 0 Å². The molecule has 2 heteroatoms. The lowest BCUT2D eigenvalue weighted by atomic mass is 9.95. The molecule has 2 nitrogen and oxygen atoms in total. The Labute approximate surface area is 111 Å². The first kappa shape index (κ1) is 15.2. The third kappa shape index (κ3) is 4.43. The second-order valence-corrected chi connectivity index (χ2v) is 5.43. The van der Waals surface area contributed by atoms with Gasteiger partial charge in [0, 0.05) is 13.0 Å². The van der Waals surface area contributed by atoms with Crippen LogP contribution < -0.4 is 0 Å². The van der Waals surface area contributed by atoms with Gasteiger partial charge in [-0.15, -0.1) is 0 Å². The Morgan fingerprint density at radius 2 is 1.67 bits per heavy atom. The lowest BCUT2D eigenvalue weighted by Gasteiger charge is -2.26. The monoisotopic (exact) mass is 250 g/mol. The van der Waals surface area contributed by atoms with Gasteiger partial charge in [0.25, 0.3) is 0 Å². The van der Waals surface area contributed by atoms with Crippen molar-refractivity contribution in [2.75, 3.05) is 6.61 Å². The van der Waals surface area contributed by atoms with E-state index in [9.17, 15) is 5.11 Å². The molecule has 2 atom stereocenters. The number of hydrogen-bond acceptors (Lipinski definition) is 2. The molecule has 0 bridgehead atoms. The molecule has 0 amide bonds. The molecule has 0 saturated heterocycles. The second kappa shape index (κ2) is 6.91. The summed E-state index contributed by atoms with van der Waals surface area (Å²) in [5.74, 6) is 0.325. The maximum atomic E-state index is 10.3. The number of aliphatic hydroxyl groups is 1. The van der Waals surface area contributed by atoms with E-state index in [1.165, 1.54) is 16.7 Å². The van der Waals surface area contributed by atoms with Gasteiger partial charge in [-0.25, -0.2) is 0 Å². The van der Waals surface area contributed by atoms with Crippen LogP contribution in [0.25, 0.3) is 0 Å². The van der Waals surface area contributed by atoms with Gasteiger partial charge >= 0.3 is 0 Å². The molecule has 0 saturated carbocycles. The Morgan fingerprint density at radius 1 is 1.11 bits per heavy atom. The number of benzene rings is 1. The van der Waals surface area contributed by atoms with Crippen molar-refractivity contribution in [2.24, 2.45) is 5.92 Å². The summed E-state index contributed by atoms with van der Waals surface area (Å²) in [5.41, 5.74) is 3.68. The van der Waals surface area contributed by atoms with E-state index in [0.717, 1.165) is 0 Å². The van der Waals surface area contributed by atoms with Crippen molar-refractivity contribution in [3.63, 3.8) is 0 Å². The minimum absolute atomic E-state index is 0.0872. The maximum absolute atomic E-state index is 10.3. The minimum atomic E-state index is -0.439. The average Bonchev–Trinajstić information content (AvgIpc) is 2.23. The first-order valence-electron chi connectivity index (χ1n) is 6.80. The normalized spacial score (nSPS) is 14.8. The largest absolute Gasteiger partial charge is 0.390 e. The van der Waals surface area contributed by atoms with E-state index >= 15 is 0 Å². The highest BCUT2D eigenvalue weighted by atomic mass is 16.5. The summed E-state index contributed by atoms with van der Waals surface area (Å²) in [5, 5.41) is 10.3. The molecule has 1 aromatic carbocycles. The summed E-state index contributed by atoms with van der Waals surface area (Å²) in [6.07, 6.45) is 0.132. The maximum Gasteiger partial charge on any atom is 0.0859 e. The number of aliphatic hydroxyl groups excluding tert-OH is 1. The van der Waals surface area contributed by atoms with Gasteiger partial charge in [0.1, 0.15) is 0 Å². The van der Waals surface area contributed by atoms with Crippen molar-refractivity contribution < 1.29 is 9.84 Å². The molecule has 0 spiro atoms. The Morgan fingerprint density at radius 3 is 2.11 bits per heavy atom. The van der Waals surface area contributed by atoms with Crippen LogP contribution in [-0.4, -0.2) is 23.9 Å². The molecule has 0 heterocycles. The Balaban J connectivity index is 2.75. The smallest absolute Gasteiger partial charge is 0.0859 e. The number of rotatable bonds is 6. The Bertz CT molecular complexity index is 351. The van der Waals surface area contributed by atoms with Crippen molar-refractivity contribution in [3.05, 3.63) is 34.9 Å². The van der Waals surface area contributed by atoms with Gasteiger partial charge in [-0.1, -0.05) is 43.2 Å². The lowest BCUT2D eigenvalue weighted by molar-refractivity contribution is -0.0562. The van der Waals surface area contributed by atoms with Crippen molar-refractivity contribution in [2.45, 2.75) is 53.2 Å². The molecular formula is C16H26O2. The van der Waals surface area contributed by atoms with Crippen LogP contribution in [0, 0.1) is 19.8 Å². The predicted octanol–water partition coefficient (Wildman–Crippen LogP) is 3.27. The molecule has 0 fully saturated rings. The number of aryl methyl sites for hydroxylation is 2. The molecule has 2 unspecified atom stereocenters. The predicted molar refractivity (Wildman–Crippen MR) is 75.9 cm³/mol. The van der Waals surface area contributed by atoms with Gasteiger partial charge < -0.3 is 9.84 Å². The molecule has 0 aliphatic rings. The van der Waals surface area contributed by atoms with E-state index in [4.69, 9.17) is 4.74 Å². The number of ether oxygens (including phenoxy) is 1. The molecule has 0 radical (unpaired) electrons. The molecule has 102 valence electrons. The van der Waals surface area contributed by atoms with Crippen LogP contribution >= 0.6 is 0 Å². The summed E-state index contributed by atoms with van der Waals surface area (Å²) < 4.78 is 5.65. The van der Waals surface area contributed by atoms with Gasteiger partial charge in [-0.2, -0.15) is 0 Å². The molecular weight excluding hydrogens is 224 g/mol. The average molecular weight is 250 g/mol. The van der Waals surface area contributed by atoms with Crippen molar-refractivity contribution in [1.82, 2.24) is 0 Å². The zero-order valence-corrected chi connectivity index (χ0v) is 12.2. The van der Waals surface area contributed by atoms with Gasteiger partial charge in [0.05, 0.1) is 12.2 Å². The topological polar surface area (TPSA) is 29.5 Å². The second-order valence-electron chi connectivity index (χ2n) is 5.43. The van der Waals surface area contributed by atoms with Crippen LogP contribution in [0.3, 0.4) is 0 Å². The summed E-state index contributed by atoms with van der Waals surface area (Å²) in [7, 11) is 0. The quantitative estimate of drug-likeness (QED) is 0.839. The van der Waals surface area contributed by atoms with Gasteiger partial charge in [0.15, 0.2) is 0 Å². The third-order valence-corrected chi connectivity index (χ3v) is 3.12. The summed E-state index contributed by atoms with van der Waals surface area (Å²) in [4.78, 5) is 0. The fourth-order valence-electron chi connectivity index (χ4n) is 2.48. The zero-order valence-electron chi connectivity index (χ0n) is 12.2. The first-order chi connectivity index (χ1) is 8.43. The van der Waals surface area contributed by atoms with Crippen LogP contribution in [0.5, 0.6) is 0 Å². The van der Waals surface area contributed by atoms with E-state index in [1.807, 2.05) is 6.92 Å². The van der Waals surface area contributed by atoms with E-state index in [1.54, 1.807) is 0 Å². The minimum Gasteiger partial charge on any atom is -0.390 e. The molecule has 0 aliphatic heterocycles. The standard InChI is InChI=1S/C16H26O2/c1-6-18-16(11(2)3)15(17)10-14-8-12(4)7-13(5)9-14/h7-9,11,15-17H,6,10H2,1-5H3. The highest BCUT2D eigenvalue weighted by Crippen LogP contribution is 2.17. The van der Waals surface area contributed by atoms with Gasteiger partial charge in [-0.3, -0.25) is 0 Å². The molecule has 1 aromatic rings. The lowest BCUT2D eigenvalue weighted by Crippen LogP contribution is -2.35. The molecule has 1 rings (SSSR count). The highest BCUT2D eigenvalue weighted by Gasteiger charge is 2.23. The van der Waals surface area contributed by atoms with Gasteiger partial charge in [0.2, 0.25) is 0 Å². The molecule has 18 heavy (non-hydrogen) atoms. The zero-order chi connectivity index (χ0) is 13.7. The number of hydrogen-bond donors (Lipinski definition) is 1. The SMILES string of the molecule is CCOC(C(C)C)C(O)Cc1cc(C)cc(C)c1. The van der Waals surface area contributed by atoms with Crippen LogP contribution in [0.2, 0.25) is 0 Å². The van der Waals surface area contributed by atoms with Crippen molar-refractivity contribution in [1.29, 1.82) is 0 Å². The fraction of sp³-hybridized carbons (Fsp3) is 0.625. The van der Waals surface area contributed by atoms with Crippen LogP contribution in [-0.2, 0) is 11.2 Å². The van der Waals surface area contributed by atoms with Crippen molar-refractivity contribution >= 4 is 0 Å². The van der Waals surface area contributed by atoms with E-state index in [-0.39, 0.29) is 6.10 Å². The summed E-state index contributed by atoms with van der Waals surface area (Å²) in [6, 6.07) is 6.43. The molecule has 0 aromatic heterocycles. The first-order valence-corrected chi connectivity index (χ1v) is 6.80. The van der Waals surface area contributed by atoms with Crippen LogP contribution in [0.4, 0.5) is 0 Å². The fourth-order valence-corrected chi connectivity index (χ4v) is 2.48. The van der Waals surface area contributed by atoms with E-state index in [2.05, 4.69) is 45.9 Å². The molecule has 0 aliphatic carbocycles. The Hall–Kier alpha value is -0.860. The van der Waals surface area contributed by atoms with Crippen LogP contribution in [0.15, 0.2) is 18.2 Å². The highest BCUT2D eigenvalue weighted by molar-refractivity contribution is 5.29. The summed E-state index contributed by atoms with van der Waals surface area (Å²) in [6.45, 7) is 11.0. The molecule has 1 N–H and O–H groups in total. The summed E-state index contributed by atoms with van der Waals surface area (Å²) >= 11 is 0. The van der Waals surface area contributed by atoms with Gasteiger partial charge in [-0.05, 0) is 32.3 Å². The van der Waals surface area contributed by atoms with E-state index in [0.29, 0.717) is 18.9 Å². The van der Waals surface area contributed by atoms with Crippen LogP contribution in [0.1, 0.15) is 37.5 Å². The Kier molecular flexibility index (Phi) is 5.83.